The first kappa shape index (κ1) is 12.5. The monoisotopic (exact) mass is 272 g/mol. The number of furan rings is 1. The molecule has 1 unspecified atom stereocenters. The highest BCUT2D eigenvalue weighted by molar-refractivity contribution is 9.11. The molecule has 0 bridgehead atoms. The lowest BCUT2D eigenvalue weighted by atomic mass is 10.1. The third-order valence-electron chi connectivity index (χ3n) is 2.04. The van der Waals surface area contributed by atoms with Crippen molar-refractivity contribution in [2.45, 2.75) is 32.8 Å². The molecule has 0 radical (unpaired) electrons. The fraction of sp³-hybridized carbons (Fsp3) is 0.500. The molecular formula is C12H17BrO2. The molecule has 0 aliphatic carbocycles. The number of aliphatic hydroxyl groups excluding tert-OH is 1. The zero-order valence-electron chi connectivity index (χ0n) is 9.16. The topological polar surface area (TPSA) is 33.4 Å². The molecule has 0 saturated heterocycles. The van der Waals surface area contributed by atoms with Gasteiger partial charge < -0.3 is 9.52 Å². The Morgan fingerprint density at radius 3 is 2.73 bits per heavy atom. The van der Waals surface area contributed by atoms with E-state index in [1.807, 2.05) is 12.1 Å². The van der Waals surface area contributed by atoms with Crippen LogP contribution < -0.4 is 0 Å². The van der Waals surface area contributed by atoms with Crippen LogP contribution in [0.15, 0.2) is 27.6 Å². The van der Waals surface area contributed by atoms with E-state index in [0.717, 1.165) is 16.7 Å². The van der Waals surface area contributed by atoms with Gasteiger partial charge in [-0.3, -0.25) is 0 Å². The summed E-state index contributed by atoms with van der Waals surface area (Å²) in [5, 5.41) is 9.75. The highest BCUT2D eigenvalue weighted by Crippen LogP contribution is 2.25. The van der Waals surface area contributed by atoms with Gasteiger partial charge in [-0.05, 0) is 22.5 Å². The van der Waals surface area contributed by atoms with Crippen molar-refractivity contribution >= 4 is 15.9 Å². The first-order valence-corrected chi connectivity index (χ1v) is 5.88. The van der Waals surface area contributed by atoms with Gasteiger partial charge in [-0.25, -0.2) is 0 Å². The Balaban J connectivity index is 2.62. The molecule has 1 rings (SSSR count). The molecule has 0 amide bonds. The SMILES string of the molecule is C=C(Br)CC(O)c1ccc(CC(C)C)o1. The van der Waals surface area contributed by atoms with E-state index in [1.165, 1.54) is 0 Å². The van der Waals surface area contributed by atoms with Crippen molar-refractivity contribution < 1.29 is 9.52 Å². The zero-order valence-corrected chi connectivity index (χ0v) is 10.8. The van der Waals surface area contributed by atoms with Crippen LogP contribution in [0.25, 0.3) is 0 Å². The molecule has 2 nitrogen and oxygen atoms in total. The Bertz CT molecular complexity index is 328. The van der Waals surface area contributed by atoms with Crippen LogP contribution in [-0.2, 0) is 6.42 Å². The minimum absolute atomic E-state index is 0.481. The lowest BCUT2D eigenvalue weighted by Gasteiger charge is -2.06. The summed E-state index contributed by atoms with van der Waals surface area (Å²) in [6.45, 7) is 7.97. The molecule has 1 N–H and O–H groups in total. The number of hydrogen-bond acceptors (Lipinski definition) is 2. The Labute approximate surface area is 99.1 Å². The van der Waals surface area contributed by atoms with E-state index in [-0.39, 0.29) is 0 Å². The van der Waals surface area contributed by atoms with Gasteiger partial charge in [0, 0.05) is 12.8 Å². The molecule has 1 heterocycles. The zero-order chi connectivity index (χ0) is 11.4. The molecule has 1 atom stereocenters. The van der Waals surface area contributed by atoms with Crippen LogP contribution in [0.3, 0.4) is 0 Å². The second-order valence-electron chi connectivity index (χ2n) is 4.14. The molecule has 84 valence electrons. The van der Waals surface area contributed by atoms with Gasteiger partial charge in [-0.1, -0.05) is 36.4 Å². The van der Waals surface area contributed by atoms with Gasteiger partial charge in [-0.15, -0.1) is 0 Å². The molecule has 3 heteroatoms. The number of halogens is 1. The standard InChI is InChI=1S/C12H17BrO2/c1-8(2)6-10-4-5-12(15-10)11(14)7-9(3)13/h4-5,8,11,14H,3,6-7H2,1-2H3. The van der Waals surface area contributed by atoms with E-state index in [9.17, 15) is 5.11 Å². The molecule has 0 aromatic carbocycles. The van der Waals surface area contributed by atoms with Crippen LogP contribution in [0.2, 0.25) is 0 Å². The predicted molar refractivity (Wildman–Crippen MR) is 64.9 cm³/mol. The Hall–Kier alpha value is -0.540. The lowest BCUT2D eigenvalue weighted by Crippen LogP contribution is -1.95. The second-order valence-corrected chi connectivity index (χ2v) is 5.26. The Morgan fingerprint density at radius 2 is 2.20 bits per heavy atom. The normalized spacial score (nSPS) is 13.1. The highest BCUT2D eigenvalue weighted by Gasteiger charge is 2.13. The molecule has 15 heavy (non-hydrogen) atoms. The largest absolute Gasteiger partial charge is 0.463 e. The summed E-state index contributed by atoms with van der Waals surface area (Å²) >= 11 is 3.22. The van der Waals surface area contributed by atoms with Crippen molar-refractivity contribution in [2.75, 3.05) is 0 Å². The fourth-order valence-corrected chi connectivity index (χ4v) is 1.70. The summed E-state index contributed by atoms with van der Waals surface area (Å²) in [6.07, 6.45) is 0.786. The van der Waals surface area contributed by atoms with E-state index in [4.69, 9.17) is 4.42 Å². The van der Waals surface area contributed by atoms with Gasteiger partial charge in [0.25, 0.3) is 0 Å². The van der Waals surface area contributed by atoms with E-state index in [1.54, 1.807) is 0 Å². The van der Waals surface area contributed by atoms with E-state index >= 15 is 0 Å². The van der Waals surface area contributed by atoms with E-state index < -0.39 is 6.10 Å². The summed E-state index contributed by atoms with van der Waals surface area (Å²) in [5.74, 6) is 2.11. The quantitative estimate of drug-likeness (QED) is 0.885. The van der Waals surface area contributed by atoms with Gasteiger partial charge in [0.1, 0.15) is 17.6 Å². The minimum atomic E-state index is -0.599. The van der Waals surface area contributed by atoms with Crippen LogP contribution in [0.5, 0.6) is 0 Å². The molecule has 0 fully saturated rings. The minimum Gasteiger partial charge on any atom is -0.463 e. The second kappa shape index (κ2) is 5.52. The molecule has 0 aliphatic heterocycles. The smallest absolute Gasteiger partial charge is 0.133 e. The Morgan fingerprint density at radius 1 is 1.53 bits per heavy atom. The molecule has 1 aromatic rings. The molecule has 0 aliphatic rings. The maximum atomic E-state index is 9.75. The van der Waals surface area contributed by atoms with Gasteiger partial charge in [0.15, 0.2) is 0 Å². The highest BCUT2D eigenvalue weighted by atomic mass is 79.9. The van der Waals surface area contributed by atoms with Crippen LogP contribution in [0.4, 0.5) is 0 Å². The average Bonchev–Trinajstić information content (AvgIpc) is 2.50. The van der Waals surface area contributed by atoms with Crippen LogP contribution >= 0.6 is 15.9 Å². The van der Waals surface area contributed by atoms with Crippen molar-refractivity contribution in [3.05, 3.63) is 34.7 Å². The average molecular weight is 273 g/mol. The summed E-state index contributed by atoms with van der Waals surface area (Å²) in [4.78, 5) is 0. The summed E-state index contributed by atoms with van der Waals surface area (Å²) < 4.78 is 6.32. The molecule has 0 spiro atoms. The first-order chi connectivity index (χ1) is 6.99. The summed E-state index contributed by atoms with van der Waals surface area (Å²) in [7, 11) is 0. The van der Waals surface area contributed by atoms with Crippen LogP contribution in [0.1, 0.15) is 37.9 Å². The first-order valence-electron chi connectivity index (χ1n) is 5.09. The third kappa shape index (κ3) is 4.22. The molecule has 1 aromatic heterocycles. The van der Waals surface area contributed by atoms with E-state index in [2.05, 4.69) is 36.4 Å². The van der Waals surface area contributed by atoms with Crippen molar-refractivity contribution in [2.24, 2.45) is 5.92 Å². The van der Waals surface area contributed by atoms with Crippen LogP contribution in [0, 0.1) is 5.92 Å². The number of hydrogen-bond donors (Lipinski definition) is 1. The van der Waals surface area contributed by atoms with Crippen molar-refractivity contribution in [3.8, 4) is 0 Å². The predicted octanol–water partition coefficient (Wildman–Crippen LogP) is 3.81. The third-order valence-corrected chi connectivity index (χ3v) is 2.36. The Kier molecular flexibility index (Phi) is 4.61. The van der Waals surface area contributed by atoms with Gasteiger partial charge >= 0.3 is 0 Å². The maximum Gasteiger partial charge on any atom is 0.133 e. The number of rotatable bonds is 5. The lowest BCUT2D eigenvalue weighted by molar-refractivity contribution is 0.150. The summed E-state index contributed by atoms with van der Waals surface area (Å²) in [5.41, 5.74) is 0. The van der Waals surface area contributed by atoms with Crippen molar-refractivity contribution in [1.29, 1.82) is 0 Å². The fourth-order valence-electron chi connectivity index (χ4n) is 1.40. The van der Waals surface area contributed by atoms with Crippen LogP contribution in [-0.4, -0.2) is 5.11 Å². The van der Waals surface area contributed by atoms with Gasteiger partial charge in [0.2, 0.25) is 0 Å². The van der Waals surface area contributed by atoms with Crippen molar-refractivity contribution in [1.82, 2.24) is 0 Å². The summed E-state index contributed by atoms with van der Waals surface area (Å²) in [6, 6.07) is 3.76. The molecule has 0 saturated carbocycles. The van der Waals surface area contributed by atoms with E-state index in [0.29, 0.717) is 18.1 Å². The van der Waals surface area contributed by atoms with Crippen molar-refractivity contribution in [3.63, 3.8) is 0 Å². The number of aliphatic hydroxyl groups is 1. The van der Waals surface area contributed by atoms with Gasteiger partial charge in [-0.2, -0.15) is 0 Å². The van der Waals surface area contributed by atoms with Gasteiger partial charge in [0.05, 0.1) is 0 Å². The molecular weight excluding hydrogens is 256 g/mol. The maximum absolute atomic E-state index is 9.75.